The summed E-state index contributed by atoms with van der Waals surface area (Å²) >= 11 is 0. The number of nitrogens with one attached hydrogen (secondary N) is 1. The third-order valence-electron chi connectivity index (χ3n) is 2.25. The number of allylic oxidation sites excluding steroid dienone is 1. The highest BCUT2D eigenvalue weighted by molar-refractivity contribution is 5.75. The molecule has 0 saturated heterocycles. The molecule has 13 heavy (non-hydrogen) atoms. The van der Waals surface area contributed by atoms with Crippen molar-refractivity contribution in [2.75, 3.05) is 13.1 Å². The Morgan fingerprint density at radius 3 is 2.54 bits per heavy atom. The Bertz CT molecular complexity index is 193. The number of rotatable bonds is 4. The van der Waals surface area contributed by atoms with Gasteiger partial charge in [0.05, 0.1) is 0 Å². The predicted octanol–water partition coefficient (Wildman–Crippen LogP) is 1.96. The Morgan fingerprint density at radius 1 is 1.46 bits per heavy atom. The van der Waals surface area contributed by atoms with Crippen LogP contribution < -0.4 is 5.32 Å². The van der Waals surface area contributed by atoms with E-state index in [-0.39, 0.29) is 6.03 Å². The van der Waals surface area contributed by atoms with Gasteiger partial charge >= 0.3 is 6.03 Å². The molecule has 0 bridgehead atoms. The monoisotopic (exact) mass is 182 g/mol. The van der Waals surface area contributed by atoms with Crippen molar-refractivity contribution in [1.82, 2.24) is 10.2 Å². The quantitative estimate of drug-likeness (QED) is 0.708. The van der Waals surface area contributed by atoms with Gasteiger partial charge in [-0.2, -0.15) is 0 Å². The van der Waals surface area contributed by atoms with Crippen LogP contribution in [0.2, 0.25) is 0 Å². The van der Waals surface area contributed by atoms with Crippen molar-refractivity contribution in [3.8, 4) is 0 Å². The minimum absolute atomic E-state index is 0.00176. The van der Waals surface area contributed by atoms with Gasteiger partial charge in [0.15, 0.2) is 0 Å². The van der Waals surface area contributed by atoms with Crippen molar-refractivity contribution in [1.29, 1.82) is 0 Å². The highest BCUT2D eigenvalue weighted by Gasteiger charge is 2.17. The first kappa shape index (κ1) is 10.1. The smallest absolute Gasteiger partial charge is 0.321 e. The lowest BCUT2D eigenvalue weighted by atomic mass is 10.4. The van der Waals surface area contributed by atoms with Crippen molar-refractivity contribution in [2.45, 2.75) is 26.7 Å². The topological polar surface area (TPSA) is 32.3 Å². The summed E-state index contributed by atoms with van der Waals surface area (Å²) in [5.41, 5.74) is 0. The van der Waals surface area contributed by atoms with E-state index in [4.69, 9.17) is 0 Å². The predicted molar refractivity (Wildman–Crippen MR) is 53.3 cm³/mol. The summed E-state index contributed by atoms with van der Waals surface area (Å²) in [6, 6.07) is 0.00176. The van der Waals surface area contributed by atoms with Gasteiger partial charge in [-0.25, -0.2) is 4.79 Å². The highest BCUT2D eigenvalue weighted by Crippen LogP contribution is 2.29. The van der Waals surface area contributed by atoms with Crippen LogP contribution in [0.3, 0.4) is 0 Å². The summed E-state index contributed by atoms with van der Waals surface area (Å²) in [5, 5.41) is 2.76. The molecule has 0 atom stereocenters. The average molecular weight is 182 g/mol. The summed E-state index contributed by atoms with van der Waals surface area (Å²) < 4.78 is 0. The van der Waals surface area contributed by atoms with Crippen LogP contribution in [0, 0.1) is 5.92 Å². The van der Waals surface area contributed by atoms with E-state index in [0.29, 0.717) is 0 Å². The zero-order valence-corrected chi connectivity index (χ0v) is 8.42. The number of carbonyl (C=O) groups is 1. The zero-order chi connectivity index (χ0) is 9.68. The minimum Gasteiger partial charge on any atom is -0.325 e. The summed E-state index contributed by atoms with van der Waals surface area (Å²) in [6.45, 7) is 5.49. The highest BCUT2D eigenvalue weighted by atomic mass is 16.2. The fourth-order valence-electron chi connectivity index (χ4n) is 1.15. The molecule has 74 valence electrons. The third-order valence-corrected chi connectivity index (χ3v) is 2.25. The number of nitrogens with zero attached hydrogens (tertiary/aromatic N) is 1. The molecule has 0 unspecified atom stereocenters. The molecule has 1 saturated carbocycles. The van der Waals surface area contributed by atoms with Gasteiger partial charge in [0.25, 0.3) is 0 Å². The van der Waals surface area contributed by atoms with E-state index in [1.165, 1.54) is 12.8 Å². The van der Waals surface area contributed by atoms with Gasteiger partial charge in [-0.3, -0.25) is 0 Å². The van der Waals surface area contributed by atoms with Gasteiger partial charge in [0.1, 0.15) is 0 Å². The largest absolute Gasteiger partial charge is 0.325 e. The van der Waals surface area contributed by atoms with Crippen molar-refractivity contribution in [3.05, 3.63) is 12.3 Å². The molecular formula is C10H18N2O. The molecule has 0 radical (unpaired) electrons. The lowest BCUT2D eigenvalue weighted by Crippen LogP contribution is -2.37. The van der Waals surface area contributed by atoms with Crippen LogP contribution >= 0.6 is 0 Å². The summed E-state index contributed by atoms with van der Waals surface area (Å²) in [7, 11) is 0. The van der Waals surface area contributed by atoms with Crippen molar-refractivity contribution in [3.63, 3.8) is 0 Å². The van der Waals surface area contributed by atoms with Crippen molar-refractivity contribution >= 4 is 6.03 Å². The maximum absolute atomic E-state index is 11.4. The molecule has 0 spiro atoms. The van der Waals surface area contributed by atoms with E-state index in [1.807, 2.05) is 13.8 Å². The van der Waals surface area contributed by atoms with Gasteiger partial charge in [0, 0.05) is 19.3 Å². The van der Waals surface area contributed by atoms with Gasteiger partial charge in [0.2, 0.25) is 0 Å². The number of urea groups is 1. The average Bonchev–Trinajstić information content (AvgIpc) is 2.90. The molecule has 3 heteroatoms. The molecular weight excluding hydrogens is 164 g/mol. The normalized spacial score (nSPS) is 16.2. The second-order valence-corrected chi connectivity index (χ2v) is 3.32. The van der Waals surface area contributed by atoms with Crippen LogP contribution in [0.4, 0.5) is 4.79 Å². The van der Waals surface area contributed by atoms with Gasteiger partial charge in [-0.1, -0.05) is 6.08 Å². The molecule has 1 aliphatic carbocycles. The Hall–Kier alpha value is -0.990. The molecule has 0 aromatic heterocycles. The van der Waals surface area contributed by atoms with Crippen LogP contribution in [-0.4, -0.2) is 24.0 Å². The van der Waals surface area contributed by atoms with Crippen LogP contribution in [0.25, 0.3) is 0 Å². The molecule has 0 aliphatic heterocycles. The zero-order valence-electron chi connectivity index (χ0n) is 8.42. The Balaban J connectivity index is 2.21. The van der Waals surface area contributed by atoms with Crippen LogP contribution in [0.1, 0.15) is 26.7 Å². The van der Waals surface area contributed by atoms with Crippen molar-refractivity contribution in [2.24, 2.45) is 5.92 Å². The van der Waals surface area contributed by atoms with E-state index >= 15 is 0 Å². The Labute approximate surface area is 79.8 Å². The van der Waals surface area contributed by atoms with E-state index in [2.05, 4.69) is 11.4 Å². The second kappa shape index (κ2) is 4.90. The van der Waals surface area contributed by atoms with E-state index in [0.717, 1.165) is 19.0 Å². The number of hydrogen-bond acceptors (Lipinski definition) is 1. The standard InChI is InChI=1S/C10H18N2O/c1-3-12(4-2)10(13)11-8-7-9-5-6-9/h7-9H,3-6H2,1-2H3,(H,11,13)/b8-7+. The SMILES string of the molecule is CCN(CC)C(=O)N/C=C/C1CC1. The van der Waals surface area contributed by atoms with E-state index in [9.17, 15) is 4.79 Å². The van der Waals surface area contributed by atoms with E-state index in [1.54, 1.807) is 11.1 Å². The first-order chi connectivity index (χ1) is 6.27. The molecule has 2 amide bonds. The summed E-state index contributed by atoms with van der Waals surface area (Å²) in [4.78, 5) is 13.1. The lowest BCUT2D eigenvalue weighted by molar-refractivity contribution is 0.207. The van der Waals surface area contributed by atoms with Crippen LogP contribution in [0.5, 0.6) is 0 Å². The Kier molecular flexibility index (Phi) is 3.80. The second-order valence-electron chi connectivity index (χ2n) is 3.32. The Morgan fingerprint density at radius 2 is 2.08 bits per heavy atom. The first-order valence-electron chi connectivity index (χ1n) is 5.00. The van der Waals surface area contributed by atoms with Crippen LogP contribution in [-0.2, 0) is 0 Å². The number of carbonyl (C=O) groups excluding carboxylic acids is 1. The molecule has 0 aromatic carbocycles. The number of amides is 2. The van der Waals surface area contributed by atoms with Gasteiger partial charge < -0.3 is 10.2 Å². The van der Waals surface area contributed by atoms with Crippen molar-refractivity contribution < 1.29 is 4.79 Å². The van der Waals surface area contributed by atoms with Gasteiger partial charge in [-0.15, -0.1) is 0 Å². The van der Waals surface area contributed by atoms with Crippen LogP contribution in [0.15, 0.2) is 12.3 Å². The molecule has 0 heterocycles. The molecule has 1 aliphatic rings. The third kappa shape index (κ3) is 3.49. The summed E-state index contributed by atoms with van der Waals surface area (Å²) in [6.07, 6.45) is 6.40. The fraction of sp³-hybridized carbons (Fsp3) is 0.700. The molecule has 3 nitrogen and oxygen atoms in total. The molecule has 1 N–H and O–H groups in total. The minimum atomic E-state index is 0.00176. The summed E-state index contributed by atoms with van der Waals surface area (Å²) in [5.74, 6) is 0.719. The molecule has 1 rings (SSSR count). The molecule has 0 aromatic rings. The number of hydrogen-bond donors (Lipinski definition) is 1. The molecule has 1 fully saturated rings. The maximum Gasteiger partial charge on any atom is 0.321 e. The lowest BCUT2D eigenvalue weighted by Gasteiger charge is -2.17. The van der Waals surface area contributed by atoms with Gasteiger partial charge in [-0.05, 0) is 32.6 Å². The fourth-order valence-corrected chi connectivity index (χ4v) is 1.15. The first-order valence-corrected chi connectivity index (χ1v) is 5.00. The van der Waals surface area contributed by atoms with E-state index < -0.39 is 0 Å². The maximum atomic E-state index is 11.4.